The maximum absolute atomic E-state index is 14.4. The molecule has 0 radical (unpaired) electrons. The van der Waals surface area contributed by atoms with Crippen molar-refractivity contribution in [3.8, 4) is 22.4 Å². The van der Waals surface area contributed by atoms with E-state index < -0.39 is 12.1 Å². The number of carboxylic acids is 1. The summed E-state index contributed by atoms with van der Waals surface area (Å²) >= 11 is 0. The SMILES string of the molecule is CC1=CCCCN(c2c(C(O)C(=O)O)c(C)nc3cc(-c4cccc(-c5ccccc5F)c4)nn23)CC1. The minimum Gasteiger partial charge on any atom is -0.479 e. The fourth-order valence-corrected chi connectivity index (χ4v) is 4.91. The molecule has 3 heterocycles. The van der Waals surface area contributed by atoms with Crippen molar-refractivity contribution in [1.82, 2.24) is 14.6 Å². The van der Waals surface area contributed by atoms with Crippen molar-refractivity contribution in [3.05, 3.63) is 83.3 Å². The Kier molecular flexibility index (Phi) is 6.76. The number of anilines is 1. The number of hydrogen-bond acceptors (Lipinski definition) is 5. The number of benzene rings is 2. The molecule has 5 rings (SSSR count). The van der Waals surface area contributed by atoms with Crippen LogP contribution in [0.5, 0.6) is 0 Å². The number of nitrogens with zero attached hydrogens (tertiary/aromatic N) is 4. The molecule has 2 aromatic carbocycles. The Hall–Kier alpha value is -4.04. The van der Waals surface area contributed by atoms with Gasteiger partial charge in [0.25, 0.3) is 0 Å². The van der Waals surface area contributed by atoms with Gasteiger partial charge in [0.15, 0.2) is 11.8 Å². The predicted molar refractivity (Wildman–Crippen MR) is 141 cm³/mol. The van der Waals surface area contributed by atoms with Crippen LogP contribution in [0.2, 0.25) is 0 Å². The second-order valence-corrected chi connectivity index (χ2v) is 9.47. The van der Waals surface area contributed by atoms with Crippen molar-refractivity contribution in [2.45, 2.75) is 39.2 Å². The lowest BCUT2D eigenvalue weighted by atomic mass is 10.0. The number of aliphatic carboxylic acids is 1. The molecule has 0 aliphatic carbocycles. The number of aliphatic hydroxyl groups excluding tert-OH is 1. The van der Waals surface area contributed by atoms with Gasteiger partial charge >= 0.3 is 5.97 Å². The first-order valence-electron chi connectivity index (χ1n) is 12.4. The number of halogens is 1. The first-order chi connectivity index (χ1) is 17.8. The summed E-state index contributed by atoms with van der Waals surface area (Å²) < 4.78 is 16.1. The van der Waals surface area contributed by atoms with Crippen LogP contribution < -0.4 is 4.90 Å². The van der Waals surface area contributed by atoms with E-state index in [-0.39, 0.29) is 11.4 Å². The summed E-state index contributed by atoms with van der Waals surface area (Å²) in [6.07, 6.45) is 3.16. The Morgan fingerprint density at radius 3 is 2.62 bits per heavy atom. The maximum Gasteiger partial charge on any atom is 0.337 e. The smallest absolute Gasteiger partial charge is 0.337 e. The highest BCUT2D eigenvalue weighted by atomic mass is 19.1. The van der Waals surface area contributed by atoms with Crippen molar-refractivity contribution in [2.24, 2.45) is 0 Å². The van der Waals surface area contributed by atoms with E-state index in [0.717, 1.165) is 30.4 Å². The molecule has 0 bridgehead atoms. The molecule has 2 aromatic heterocycles. The Balaban J connectivity index is 1.67. The van der Waals surface area contributed by atoms with Crippen LogP contribution in [0.3, 0.4) is 0 Å². The zero-order chi connectivity index (χ0) is 26.1. The zero-order valence-corrected chi connectivity index (χ0v) is 20.9. The summed E-state index contributed by atoms with van der Waals surface area (Å²) in [7, 11) is 0. The van der Waals surface area contributed by atoms with Crippen molar-refractivity contribution >= 4 is 17.4 Å². The van der Waals surface area contributed by atoms with Gasteiger partial charge in [-0.15, -0.1) is 0 Å². The average Bonchev–Trinajstić information content (AvgIpc) is 3.30. The van der Waals surface area contributed by atoms with E-state index in [9.17, 15) is 19.4 Å². The molecule has 1 atom stereocenters. The van der Waals surface area contributed by atoms with Crippen LogP contribution >= 0.6 is 0 Å². The Morgan fingerprint density at radius 1 is 1.05 bits per heavy atom. The summed E-state index contributed by atoms with van der Waals surface area (Å²) in [4.78, 5) is 18.6. The van der Waals surface area contributed by atoms with E-state index in [4.69, 9.17) is 5.10 Å². The van der Waals surface area contributed by atoms with Crippen LogP contribution in [-0.2, 0) is 4.79 Å². The van der Waals surface area contributed by atoms with Crippen LogP contribution in [0, 0.1) is 12.7 Å². The van der Waals surface area contributed by atoms with Gasteiger partial charge in [-0.1, -0.05) is 48.0 Å². The molecule has 1 aliphatic heterocycles. The molecule has 0 saturated carbocycles. The van der Waals surface area contributed by atoms with E-state index in [1.807, 2.05) is 30.3 Å². The lowest BCUT2D eigenvalue weighted by Crippen LogP contribution is -2.32. The van der Waals surface area contributed by atoms with E-state index >= 15 is 0 Å². The van der Waals surface area contributed by atoms with E-state index in [0.29, 0.717) is 41.5 Å². The number of aliphatic hydroxyl groups is 1. The van der Waals surface area contributed by atoms with Gasteiger partial charge in [-0.2, -0.15) is 9.61 Å². The number of aryl methyl sites for hydroxylation is 1. The second kappa shape index (κ2) is 10.1. The van der Waals surface area contributed by atoms with Crippen LogP contribution in [-0.4, -0.2) is 43.9 Å². The first-order valence-corrected chi connectivity index (χ1v) is 12.4. The number of fused-ring (bicyclic) bond motifs is 1. The molecule has 0 amide bonds. The minimum atomic E-state index is -1.73. The summed E-state index contributed by atoms with van der Waals surface area (Å²) in [5.41, 5.74) is 5.14. The minimum absolute atomic E-state index is 0.247. The Bertz CT molecular complexity index is 1510. The molecule has 1 aliphatic rings. The van der Waals surface area contributed by atoms with Gasteiger partial charge in [-0.3, -0.25) is 0 Å². The number of carbonyl (C=O) groups is 1. The quantitative estimate of drug-likeness (QED) is 0.349. The highest BCUT2D eigenvalue weighted by Gasteiger charge is 2.29. The highest BCUT2D eigenvalue weighted by Crippen LogP contribution is 2.34. The largest absolute Gasteiger partial charge is 0.479 e. The van der Waals surface area contributed by atoms with Gasteiger partial charge in [-0.05, 0) is 50.8 Å². The molecule has 2 N–H and O–H groups in total. The molecule has 7 nitrogen and oxygen atoms in total. The third kappa shape index (κ3) is 4.84. The predicted octanol–water partition coefficient (Wildman–Crippen LogP) is 5.57. The number of aromatic nitrogens is 3. The van der Waals surface area contributed by atoms with Crippen LogP contribution in [0.4, 0.5) is 10.2 Å². The van der Waals surface area contributed by atoms with Crippen molar-refractivity contribution in [2.75, 3.05) is 18.0 Å². The van der Waals surface area contributed by atoms with Crippen LogP contribution in [0.1, 0.15) is 43.5 Å². The number of carboxylic acid groups (broad SMARTS) is 1. The van der Waals surface area contributed by atoms with Gasteiger partial charge < -0.3 is 15.1 Å². The molecule has 8 heteroatoms. The molecular formula is C29H29FN4O3. The normalized spacial score (nSPS) is 15.2. The summed E-state index contributed by atoms with van der Waals surface area (Å²) in [5.74, 6) is -1.09. The number of rotatable bonds is 5. The Labute approximate surface area is 214 Å². The molecule has 0 saturated heterocycles. The standard InChI is InChI=1S/C29H29FN4O3/c1-18-8-5-6-14-33(15-13-18)28-26(27(35)29(36)37)19(2)31-25-17-24(32-34(25)28)21-10-7-9-20(16-21)22-11-3-4-12-23(22)30/h3-4,7-12,16-17,27,35H,5-6,13-15H2,1-2H3,(H,36,37). The third-order valence-electron chi connectivity index (χ3n) is 6.86. The summed E-state index contributed by atoms with van der Waals surface area (Å²) in [6.45, 7) is 5.17. The topological polar surface area (TPSA) is 91.0 Å². The number of allylic oxidation sites excluding steroid dienone is 1. The molecule has 0 spiro atoms. The van der Waals surface area contributed by atoms with E-state index in [1.165, 1.54) is 11.6 Å². The van der Waals surface area contributed by atoms with Crippen molar-refractivity contribution in [3.63, 3.8) is 0 Å². The van der Waals surface area contributed by atoms with Crippen molar-refractivity contribution in [1.29, 1.82) is 0 Å². The average molecular weight is 501 g/mol. The fraction of sp³-hybridized carbons (Fsp3) is 0.276. The Morgan fingerprint density at radius 2 is 1.84 bits per heavy atom. The number of hydrogen-bond donors (Lipinski definition) is 2. The molecular weight excluding hydrogens is 471 g/mol. The van der Waals surface area contributed by atoms with Crippen molar-refractivity contribution < 1.29 is 19.4 Å². The van der Waals surface area contributed by atoms with Crippen LogP contribution in [0.25, 0.3) is 28.0 Å². The van der Waals surface area contributed by atoms with Gasteiger partial charge in [0.2, 0.25) is 0 Å². The van der Waals surface area contributed by atoms with Gasteiger partial charge in [0, 0.05) is 36.0 Å². The van der Waals surface area contributed by atoms with Gasteiger partial charge in [0.1, 0.15) is 11.6 Å². The second-order valence-electron chi connectivity index (χ2n) is 9.47. The molecule has 1 unspecified atom stereocenters. The summed E-state index contributed by atoms with van der Waals surface area (Å²) in [6, 6.07) is 15.9. The van der Waals surface area contributed by atoms with Crippen LogP contribution in [0.15, 0.2) is 66.2 Å². The molecule has 0 fully saturated rings. The maximum atomic E-state index is 14.4. The zero-order valence-electron chi connectivity index (χ0n) is 20.9. The lowest BCUT2D eigenvalue weighted by molar-refractivity contribution is -0.147. The van der Waals surface area contributed by atoms with E-state index in [2.05, 4.69) is 22.9 Å². The highest BCUT2D eigenvalue weighted by molar-refractivity contribution is 5.79. The van der Waals surface area contributed by atoms with Gasteiger partial charge in [-0.25, -0.2) is 14.2 Å². The van der Waals surface area contributed by atoms with E-state index in [1.54, 1.807) is 29.6 Å². The molecule has 190 valence electrons. The van der Waals surface area contributed by atoms with Gasteiger partial charge in [0.05, 0.1) is 11.3 Å². The fourth-order valence-electron chi connectivity index (χ4n) is 4.91. The third-order valence-corrected chi connectivity index (χ3v) is 6.86. The summed E-state index contributed by atoms with van der Waals surface area (Å²) in [5, 5.41) is 25.2. The first kappa shape index (κ1) is 24.6. The molecule has 37 heavy (non-hydrogen) atoms. The lowest BCUT2D eigenvalue weighted by Gasteiger charge is -2.30. The monoisotopic (exact) mass is 500 g/mol. The molecule has 4 aromatic rings.